The van der Waals surface area contributed by atoms with Crippen molar-refractivity contribution in [2.45, 2.75) is 18.6 Å². The molecule has 0 amide bonds. The minimum absolute atomic E-state index is 0.149. The smallest absolute Gasteiger partial charge is 0.214 e. The number of aromatic nitrogens is 2. The zero-order chi connectivity index (χ0) is 21.6. The van der Waals surface area contributed by atoms with Gasteiger partial charge in [-0.1, -0.05) is 11.6 Å². The van der Waals surface area contributed by atoms with E-state index in [9.17, 15) is 8.42 Å². The van der Waals surface area contributed by atoms with Crippen molar-refractivity contribution in [2.75, 3.05) is 53.1 Å². The number of fused-ring (bicyclic) bond motifs is 1. The van der Waals surface area contributed by atoms with Gasteiger partial charge in [-0.05, 0) is 26.0 Å². The predicted octanol–water partition coefficient (Wildman–Crippen LogP) is 1.70. The molecule has 166 valence electrons. The van der Waals surface area contributed by atoms with E-state index >= 15 is 0 Å². The number of rotatable bonds is 10. The average Bonchev–Trinajstić information content (AvgIpc) is 2.75. The lowest BCUT2D eigenvalue weighted by molar-refractivity contribution is 0.0374. The largest absolute Gasteiger partial charge is 0.493 e. The fourth-order valence-corrected chi connectivity index (χ4v) is 4.40. The number of nitrogens with zero attached hydrogens (tertiary/aromatic N) is 3. The van der Waals surface area contributed by atoms with E-state index in [1.54, 1.807) is 19.1 Å². The molecule has 0 saturated carbocycles. The van der Waals surface area contributed by atoms with Gasteiger partial charge in [-0.25, -0.2) is 23.1 Å². The minimum Gasteiger partial charge on any atom is -0.493 e. The second-order valence-electron chi connectivity index (χ2n) is 7.03. The van der Waals surface area contributed by atoms with Gasteiger partial charge in [0.2, 0.25) is 10.0 Å². The summed E-state index contributed by atoms with van der Waals surface area (Å²) in [5.41, 5.74) is 0.614. The molecule has 0 aliphatic carbocycles. The second-order valence-corrected chi connectivity index (χ2v) is 9.57. The number of halogens is 1. The molecule has 11 heteroatoms. The van der Waals surface area contributed by atoms with Gasteiger partial charge in [-0.2, -0.15) is 0 Å². The van der Waals surface area contributed by atoms with Crippen molar-refractivity contribution in [3.63, 3.8) is 0 Å². The van der Waals surface area contributed by atoms with Crippen molar-refractivity contribution in [1.82, 2.24) is 19.6 Å². The first kappa shape index (κ1) is 23.0. The zero-order valence-electron chi connectivity index (χ0n) is 17.1. The molecule has 1 aliphatic heterocycles. The van der Waals surface area contributed by atoms with E-state index in [0.29, 0.717) is 47.2 Å². The first-order valence-corrected chi connectivity index (χ1v) is 11.7. The molecule has 1 fully saturated rings. The molecule has 0 radical (unpaired) electrons. The molecule has 1 N–H and O–H groups in total. The van der Waals surface area contributed by atoms with Crippen LogP contribution in [-0.2, 0) is 14.8 Å². The summed E-state index contributed by atoms with van der Waals surface area (Å²) in [5, 5.41) is 0.483. The average molecular weight is 459 g/mol. The highest BCUT2D eigenvalue weighted by atomic mass is 35.5. The van der Waals surface area contributed by atoms with Crippen molar-refractivity contribution in [3.8, 4) is 11.5 Å². The molecule has 30 heavy (non-hydrogen) atoms. The fraction of sp³-hybridized carbons (Fsp3) is 0.579. The number of nitrogens with one attached hydrogen (secondary N) is 1. The van der Waals surface area contributed by atoms with Crippen LogP contribution >= 0.6 is 11.6 Å². The van der Waals surface area contributed by atoms with E-state index in [4.69, 9.17) is 25.8 Å². The maximum Gasteiger partial charge on any atom is 0.214 e. The second kappa shape index (κ2) is 10.5. The molecule has 1 aliphatic rings. The van der Waals surface area contributed by atoms with Gasteiger partial charge in [0.15, 0.2) is 11.5 Å². The summed E-state index contributed by atoms with van der Waals surface area (Å²) < 4.78 is 44.0. The minimum atomic E-state index is -3.43. The highest BCUT2D eigenvalue weighted by Gasteiger charge is 2.22. The number of hydrogen-bond donors (Lipinski definition) is 1. The SMILES string of the molecule is COc1cc2c(Cl)ncnc2cc1OCCNS(=O)(=O)C(C)CCN1CCOCC1. The molecular formula is C19H27ClN4O5S. The van der Waals surface area contributed by atoms with E-state index in [-0.39, 0.29) is 13.2 Å². The summed E-state index contributed by atoms with van der Waals surface area (Å²) in [6.45, 7) is 5.85. The molecule has 1 saturated heterocycles. The first-order valence-electron chi connectivity index (χ1n) is 9.80. The summed E-state index contributed by atoms with van der Waals surface area (Å²) >= 11 is 6.09. The lowest BCUT2D eigenvalue weighted by Gasteiger charge is -2.27. The quantitative estimate of drug-likeness (QED) is 0.424. The lowest BCUT2D eigenvalue weighted by Crippen LogP contribution is -2.40. The third-order valence-corrected chi connectivity index (χ3v) is 7.22. The van der Waals surface area contributed by atoms with Gasteiger partial charge in [0.1, 0.15) is 18.1 Å². The summed E-state index contributed by atoms with van der Waals surface area (Å²) in [4.78, 5) is 10.3. The van der Waals surface area contributed by atoms with E-state index < -0.39 is 15.3 Å². The summed E-state index contributed by atoms with van der Waals surface area (Å²) in [6, 6.07) is 3.39. The third kappa shape index (κ3) is 5.92. The topological polar surface area (TPSA) is 103 Å². The molecule has 2 aromatic rings. The Morgan fingerprint density at radius 1 is 1.27 bits per heavy atom. The number of methoxy groups -OCH3 is 1. The van der Waals surface area contributed by atoms with Gasteiger partial charge in [0.25, 0.3) is 0 Å². The van der Waals surface area contributed by atoms with Crippen LogP contribution in [0.25, 0.3) is 10.9 Å². The molecule has 2 heterocycles. The molecular weight excluding hydrogens is 432 g/mol. The Kier molecular flexibility index (Phi) is 8.06. The molecule has 0 spiro atoms. The molecule has 1 unspecified atom stereocenters. The third-order valence-electron chi connectivity index (χ3n) is 5.02. The van der Waals surface area contributed by atoms with E-state index in [1.165, 1.54) is 13.4 Å². The number of benzene rings is 1. The lowest BCUT2D eigenvalue weighted by atomic mass is 10.2. The van der Waals surface area contributed by atoms with Crippen LogP contribution in [0.4, 0.5) is 0 Å². The number of ether oxygens (including phenoxy) is 3. The summed E-state index contributed by atoms with van der Waals surface area (Å²) in [5.74, 6) is 0.931. The highest BCUT2D eigenvalue weighted by molar-refractivity contribution is 7.90. The van der Waals surface area contributed by atoms with Gasteiger partial charge in [0, 0.05) is 31.1 Å². The van der Waals surface area contributed by atoms with Gasteiger partial charge in [-0.15, -0.1) is 0 Å². The van der Waals surface area contributed by atoms with Crippen LogP contribution in [0.15, 0.2) is 18.5 Å². The summed E-state index contributed by atoms with van der Waals surface area (Å²) in [7, 11) is -1.91. The number of morpholine rings is 1. The van der Waals surface area contributed by atoms with Crippen LogP contribution in [0.1, 0.15) is 13.3 Å². The molecule has 3 rings (SSSR count). The van der Waals surface area contributed by atoms with Crippen LogP contribution in [0.2, 0.25) is 5.15 Å². The van der Waals surface area contributed by atoms with Gasteiger partial charge in [0.05, 0.1) is 31.1 Å². The van der Waals surface area contributed by atoms with Crippen molar-refractivity contribution in [3.05, 3.63) is 23.6 Å². The monoisotopic (exact) mass is 458 g/mol. The van der Waals surface area contributed by atoms with Crippen LogP contribution in [0.3, 0.4) is 0 Å². The normalized spacial score (nSPS) is 16.5. The van der Waals surface area contributed by atoms with Crippen LogP contribution in [0, 0.1) is 0 Å². The standard InChI is InChI=1S/C19H27ClN4O5S/c1-14(3-5-24-6-9-28-10-7-24)30(25,26)23-4-8-29-18-12-16-15(11-17(18)27-2)19(20)22-13-21-16/h11-14,23H,3-10H2,1-2H3. The summed E-state index contributed by atoms with van der Waals surface area (Å²) in [6.07, 6.45) is 1.93. The molecule has 1 aromatic heterocycles. The Morgan fingerprint density at radius 2 is 2.03 bits per heavy atom. The van der Waals surface area contributed by atoms with Crippen molar-refractivity contribution in [2.24, 2.45) is 0 Å². The van der Waals surface area contributed by atoms with Crippen LogP contribution in [-0.4, -0.2) is 81.6 Å². The van der Waals surface area contributed by atoms with Crippen molar-refractivity contribution < 1.29 is 22.6 Å². The molecule has 1 aromatic carbocycles. The molecule has 9 nitrogen and oxygen atoms in total. The zero-order valence-corrected chi connectivity index (χ0v) is 18.7. The Balaban J connectivity index is 1.50. The van der Waals surface area contributed by atoms with E-state index in [2.05, 4.69) is 19.6 Å². The van der Waals surface area contributed by atoms with E-state index in [0.717, 1.165) is 19.6 Å². The van der Waals surface area contributed by atoms with E-state index in [1.807, 2.05) is 0 Å². The Bertz CT molecular complexity index is 953. The Morgan fingerprint density at radius 3 is 2.77 bits per heavy atom. The Hall–Kier alpha value is -1.72. The number of sulfonamides is 1. The highest BCUT2D eigenvalue weighted by Crippen LogP contribution is 2.33. The maximum atomic E-state index is 12.5. The van der Waals surface area contributed by atoms with Gasteiger partial charge >= 0.3 is 0 Å². The first-order chi connectivity index (χ1) is 14.4. The van der Waals surface area contributed by atoms with Gasteiger partial charge in [-0.3, -0.25) is 4.90 Å². The van der Waals surface area contributed by atoms with Gasteiger partial charge < -0.3 is 14.2 Å². The molecule has 1 atom stereocenters. The van der Waals surface area contributed by atoms with Crippen molar-refractivity contribution >= 4 is 32.5 Å². The predicted molar refractivity (Wildman–Crippen MR) is 115 cm³/mol. The Labute approximate surface area is 181 Å². The fourth-order valence-electron chi connectivity index (χ4n) is 3.14. The maximum absolute atomic E-state index is 12.5. The number of hydrogen-bond acceptors (Lipinski definition) is 8. The van der Waals surface area contributed by atoms with Crippen LogP contribution in [0.5, 0.6) is 11.5 Å². The van der Waals surface area contributed by atoms with Crippen LogP contribution < -0.4 is 14.2 Å². The van der Waals surface area contributed by atoms with Crippen molar-refractivity contribution in [1.29, 1.82) is 0 Å². The molecule has 0 bridgehead atoms.